The number of carbonyl (C=O) groups excluding carboxylic acids is 2. The van der Waals surface area contributed by atoms with E-state index < -0.39 is 5.91 Å². The molecule has 1 heterocycles. The van der Waals surface area contributed by atoms with Gasteiger partial charge in [0.05, 0.1) is 34.6 Å². The van der Waals surface area contributed by atoms with Gasteiger partial charge in [0.15, 0.2) is 0 Å². The number of rotatable bonds is 7. The lowest BCUT2D eigenvalue weighted by molar-refractivity contribution is 0.0959. The Bertz CT molecular complexity index is 1050. The summed E-state index contributed by atoms with van der Waals surface area (Å²) < 4.78 is 7.23. The van der Waals surface area contributed by atoms with Crippen LogP contribution in [0, 0.1) is 0 Å². The third-order valence-electron chi connectivity index (χ3n) is 4.22. The van der Waals surface area contributed by atoms with Crippen molar-refractivity contribution in [2.24, 2.45) is 0 Å². The van der Waals surface area contributed by atoms with E-state index in [0.29, 0.717) is 34.3 Å². The minimum atomic E-state index is -0.438. The third-order valence-corrected chi connectivity index (χ3v) is 4.53. The topological polar surface area (TPSA) is 72.4 Å². The van der Waals surface area contributed by atoms with E-state index in [2.05, 4.69) is 17.2 Å². The number of ether oxygens (including phenoxy) is 1. The van der Waals surface area contributed by atoms with Gasteiger partial charge in [0, 0.05) is 25.0 Å². The predicted octanol–water partition coefficient (Wildman–Crippen LogP) is 4.31. The van der Waals surface area contributed by atoms with Gasteiger partial charge in [-0.1, -0.05) is 29.8 Å². The number of nitrogens with zero attached hydrogens (tertiary/aromatic N) is 1. The van der Waals surface area contributed by atoms with Gasteiger partial charge in [-0.2, -0.15) is 0 Å². The number of amides is 2. The number of hydrogen-bond acceptors (Lipinski definition) is 3. The van der Waals surface area contributed by atoms with Crippen molar-refractivity contribution < 1.29 is 14.3 Å². The molecule has 0 fully saturated rings. The van der Waals surface area contributed by atoms with Crippen LogP contribution in [0.15, 0.2) is 73.6 Å². The number of benzene rings is 2. The van der Waals surface area contributed by atoms with Crippen LogP contribution in [-0.4, -0.2) is 30.0 Å². The summed E-state index contributed by atoms with van der Waals surface area (Å²) in [6.07, 6.45) is 5.27. The Morgan fingerprint density at radius 1 is 1.10 bits per heavy atom. The molecule has 1 aromatic heterocycles. The molecule has 148 valence electrons. The van der Waals surface area contributed by atoms with E-state index in [1.807, 2.05) is 29.1 Å². The summed E-state index contributed by atoms with van der Waals surface area (Å²) >= 11 is 6.41. The normalized spacial score (nSPS) is 10.3. The van der Waals surface area contributed by atoms with E-state index in [0.717, 1.165) is 0 Å². The molecule has 0 aliphatic rings. The van der Waals surface area contributed by atoms with E-state index in [1.165, 1.54) is 7.11 Å². The van der Waals surface area contributed by atoms with Crippen molar-refractivity contribution in [3.05, 3.63) is 89.7 Å². The lowest BCUT2D eigenvalue weighted by atomic mass is 10.1. The van der Waals surface area contributed by atoms with Crippen molar-refractivity contribution in [2.75, 3.05) is 19.0 Å². The van der Waals surface area contributed by atoms with Gasteiger partial charge < -0.3 is 19.9 Å². The van der Waals surface area contributed by atoms with Gasteiger partial charge >= 0.3 is 0 Å². The van der Waals surface area contributed by atoms with E-state index in [9.17, 15) is 9.59 Å². The van der Waals surface area contributed by atoms with E-state index in [-0.39, 0.29) is 11.5 Å². The number of methoxy groups -OCH3 is 1. The van der Waals surface area contributed by atoms with Crippen LogP contribution in [0.2, 0.25) is 5.02 Å². The van der Waals surface area contributed by atoms with Gasteiger partial charge in [0.1, 0.15) is 5.75 Å². The minimum absolute atomic E-state index is 0.259. The average Bonchev–Trinajstić information content (AvgIpc) is 3.26. The number of carbonyl (C=O) groups is 2. The maximum atomic E-state index is 12.9. The molecule has 0 saturated heterocycles. The van der Waals surface area contributed by atoms with Crippen LogP contribution < -0.4 is 15.4 Å². The van der Waals surface area contributed by atoms with Crippen LogP contribution in [-0.2, 0) is 0 Å². The average molecular weight is 410 g/mol. The standard InChI is InChI=1S/C22H20ClN3O3/c1-3-10-24-21(27)15-8-4-5-9-18(15)25-22(28)16-13-17(23)19(14-20(16)29-2)26-11-6-7-12-26/h3-9,11-14H,1,10H2,2H3,(H,24,27)(H,25,28). The first-order chi connectivity index (χ1) is 14.0. The molecule has 0 bridgehead atoms. The molecule has 0 unspecified atom stereocenters. The summed E-state index contributed by atoms with van der Waals surface area (Å²) in [5.74, 6) is -0.385. The molecular formula is C22H20ClN3O3. The summed E-state index contributed by atoms with van der Waals surface area (Å²) in [5, 5.41) is 5.86. The monoisotopic (exact) mass is 409 g/mol. The zero-order valence-electron chi connectivity index (χ0n) is 15.8. The van der Waals surface area contributed by atoms with E-state index in [4.69, 9.17) is 16.3 Å². The van der Waals surface area contributed by atoms with Gasteiger partial charge in [0.2, 0.25) is 0 Å². The Morgan fingerprint density at radius 3 is 2.52 bits per heavy atom. The van der Waals surface area contributed by atoms with Crippen LogP contribution in [0.3, 0.4) is 0 Å². The van der Waals surface area contributed by atoms with Gasteiger partial charge in [0.25, 0.3) is 11.8 Å². The second kappa shape index (κ2) is 9.12. The van der Waals surface area contributed by atoms with E-state index in [1.54, 1.807) is 42.5 Å². The predicted molar refractivity (Wildman–Crippen MR) is 114 cm³/mol. The Morgan fingerprint density at radius 2 is 1.83 bits per heavy atom. The highest BCUT2D eigenvalue weighted by Crippen LogP contribution is 2.31. The molecule has 0 atom stereocenters. The van der Waals surface area contributed by atoms with Crippen molar-refractivity contribution in [1.82, 2.24) is 9.88 Å². The summed E-state index contributed by atoms with van der Waals surface area (Å²) in [5.41, 5.74) is 1.67. The Hall–Kier alpha value is -3.51. The fraction of sp³-hybridized carbons (Fsp3) is 0.0909. The van der Waals surface area contributed by atoms with Crippen molar-refractivity contribution in [3.63, 3.8) is 0 Å². The maximum absolute atomic E-state index is 12.9. The fourth-order valence-corrected chi connectivity index (χ4v) is 3.08. The Balaban J connectivity index is 1.91. The maximum Gasteiger partial charge on any atom is 0.259 e. The molecule has 0 radical (unpaired) electrons. The molecule has 2 aromatic carbocycles. The lowest BCUT2D eigenvalue weighted by Crippen LogP contribution is -2.25. The highest BCUT2D eigenvalue weighted by Gasteiger charge is 2.19. The molecule has 2 N–H and O–H groups in total. The number of para-hydroxylation sites is 1. The number of halogens is 1. The van der Waals surface area contributed by atoms with Gasteiger partial charge in [-0.3, -0.25) is 9.59 Å². The molecular weight excluding hydrogens is 390 g/mol. The minimum Gasteiger partial charge on any atom is -0.496 e. The number of aromatic nitrogens is 1. The first kappa shape index (κ1) is 20.2. The van der Waals surface area contributed by atoms with Crippen LogP contribution in [0.25, 0.3) is 5.69 Å². The molecule has 3 aromatic rings. The first-order valence-electron chi connectivity index (χ1n) is 8.85. The van der Waals surface area contributed by atoms with Crippen molar-refractivity contribution in [1.29, 1.82) is 0 Å². The SMILES string of the molecule is C=CCNC(=O)c1ccccc1NC(=O)c1cc(Cl)c(-n2cccc2)cc1OC. The molecule has 6 nitrogen and oxygen atoms in total. The zero-order chi connectivity index (χ0) is 20.8. The van der Waals surface area contributed by atoms with Crippen LogP contribution in [0.4, 0.5) is 5.69 Å². The molecule has 0 aliphatic carbocycles. The largest absolute Gasteiger partial charge is 0.496 e. The third kappa shape index (κ3) is 4.50. The quantitative estimate of drug-likeness (QED) is 0.571. The van der Waals surface area contributed by atoms with E-state index >= 15 is 0 Å². The van der Waals surface area contributed by atoms with Crippen molar-refractivity contribution >= 4 is 29.1 Å². The van der Waals surface area contributed by atoms with Gasteiger partial charge in [-0.05, 0) is 30.3 Å². The van der Waals surface area contributed by atoms with Crippen LogP contribution >= 0.6 is 11.6 Å². The highest BCUT2D eigenvalue weighted by atomic mass is 35.5. The molecule has 0 aliphatic heterocycles. The zero-order valence-corrected chi connectivity index (χ0v) is 16.6. The summed E-state index contributed by atoms with van der Waals surface area (Å²) in [6, 6.07) is 13.7. The van der Waals surface area contributed by atoms with Crippen LogP contribution in [0.5, 0.6) is 5.75 Å². The summed E-state index contributed by atoms with van der Waals surface area (Å²) in [7, 11) is 1.48. The molecule has 29 heavy (non-hydrogen) atoms. The molecule has 3 rings (SSSR count). The number of anilines is 1. The Kier molecular flexibility index (Phi) is 6.36. The lowest BCUT2D eigenvalue weighted by Gasteiger charge is -2.15. The summed E-state index contributed by atoms with van der Waals surface area (Å²) in [4.78, 5) is 25.3. The van der Waals surface area contributed by atoms with Gasteiger partial charge in [-0.15, -0.1) is 6.58 Å². The van der Waals surface area contributed by atoms with Crippen LogP contribution in [0.1, 0.15) is 20.7 Å². The second-order valence-electron chi connectivity index (χ2n) is 6.09. The summed E-state index contributed by atoms with van der Waals surface area (Å²) in [6.45, 7) is 3.90. The van der Waals surface area contributed by atoms with Crippen molar-refractivity contribution in [2.45, 2.75) is 0 Å². The first-order valence-corrected chi connectivity index (χ1v) is 9.23. The number of nitrogens with one attached hydrogen (secondary N) is 2. The smallest absolute Gasteiger partial charge is 0.259 e. The fourth-order valence-electron chi connectivity index (χ4n) is 2.82. The molecule has 0 spiro atoms. The Labute approximate surface area is 173 Å². The highest BCUT2D eigenvalue weighted by molar-refractivity contribution is 6.33. The second-order valence-corrected chi connectivity index (χ2v) is 6.50. The molecule has 2 amide bonds. The van der Waals surface area contributed by atoms with Gasteiger partial charge in [-0.25, -0.2) is 0 Å². The molecule has 7 heteroatoms. The number of hydrogen-bond donors (Lipinski definition) is 2. The van der Waals surface area contributed by atoms with Crippen molar-refractivity contribution in [3.8, 4) is 11.4 Å². The molecule has 0 saturated carbocycles.